The first-order valence-electron chi connectivity index (χ1n) is 5.40. The summed E-state index contributed by atoms with van der Waals surface area (Å²) in [6, 6.07) is 6.30. The van der Waals surface area contributed by atoms with Crippen LogP contribution in [0.2, 0.25) is 5.15 Å². The number of alkyl halides is 2. The Bertz CT molecular complexity index is 658. The molecular formula is C12H9ClF2N2O3. The van der Waals surface area contributed by atoms with Gasteiger partial charge in [0.15, 0.2) is 0 Å². The van der Waals surface area contributed by atoms with Gasteiger partial charge in [-0.05, 0) is 12.1 Å². The molecule has 8 heteroatoms. The first-order valence-corrected chi connectivity index (χ1v) is 5.77. The maximum atomic E-state index is 12.8. The van der Waals surface area contributed by atoms with E-state index in [1.54, 1.807) is 18.2 Å². The summed E-state index contributed by atoms with van der Waals surface area (Å²) in [6.45, 7) is 0. The highest BCUT2D eigenvalue weighted by Crippen LogP contribution is 2.30. The third kappa shape index (κ3) is 2.44. The van der Waals surface area contributed by atoms with Gasteiger partial charge in [0.05, 0.1) is 12.8 Å². The van der Waals surface area contributed by atoms with Gasteiger partial charge in [0, 0.05) is 6.07 Å². The number of hydrogen-bond donors (Lipinski definition) is 1. The highest BCUT2D eigenvalue weighted by molar-refractivity contribution is 6.33. The van der Waals surface area contributed by atoms with Gasteiger partial charge in [0.1, 0.15) is 22.2 Å². The Morgan fingerprint density at radius 2 is 2.20 bits per heavy atom. The summed E-state index contributed by atoms with van der Waals surface area (Å²) >= 11 is 5.84. The largest absolute Gasteiger partial charge is 0.497 e. The summed E-state index contributed by atoms with van der Waals surface area (Å²) in [5, 5.41) is 12.1. The topological polar surface area (TPSA) is 64.4 Å². The first kappa shape index (κ1) is 14.3. The number of hydrogen-bond acceptors (Lipinski definition) is 3. The zero-order valence-electron chi connectivity index (χ0n) is 10.2. The van der Waals surface area contributed by atoms with Crippen molar-refractivity contribution in [3.8, 4) is 11.4 Å². The van der Waals surface area contributed by atoms with Crippen LogP contribution in [0.15, 0.2) is 24.3 Å². The Morgan fingerprint density at radius 3 is 2.70 bits per heavy atom. The smallest absolute Gasteiger partial charge is 0.341 e. The van der Waals surface area contributed by atoms with E-state index in [0.717, 1.165) is 4.68 Å². The van der Waals surface area contributed by atoms with Crippen LogP contribution < -0.4 is 4.74 Å². The normalized spacial score (nSPS) is 10.8. The van der Waals surface area contributed by atoms with E-state index < -0.39 is 23.7 Å². The van der Waals surface area contributed by atoms with Crippen LogP contribution in [-0.4, -0.2) is 28.0 Å². The number of ether oxygens (including phenoxy) is 1. The minimum Gasteiger partial charge on any atom is -0.497 e. The fraction of sp³-hybridized carbons (Fsp3) is 0.167. The van der Waals surface area contributed by atoms with Gasteiger partial charge < -0.3 is 9.84 Å². The number of methoxy groups -OCH3 is 1. The van der Waals surface area contributed by atoms with E-state index >= 15 is 0 Å². The van der Waals surface area contributed by atoms with Gasteiger partial charge in [-0.25, -0.2) is 18.3 Å². The Labute approximate surface area is 117 Å². The molecule has 1 aromatic carbocycles. The molecule has 5 nitrogen and oxygen atoms in total. The van der Waals surface area contributed by atoms with Crippen molar-refractivity contribution in [1.29, 1.82) is 0 Å². The van der Waals surface area contributed by atoms with Crippen LogP contribution in [-0.2, 0) is 0 Å². The van der Waals surface area contributed by atoms with Crippen LogP contribution in [0.25, 0.3) is 5.69 Å². The predicted molar refractivity (Wildman–Crippen MR) is 67.0 cm³/mol. The lowest BCUT2D eigenvalue weighted by Crippen LogP contribution is -2.01. The van der Waals surface area contributed by atoms with Crippen molar-refractivity contribution in [2.24, 2.45) is 0 Å². The minimum absolute atomic E-state index is 0.323. The summed E-state index contributed by atoms with van der Waals surface area (Å²) in [7, 11) is 1.44. The monoisotopic (exact) mass is 302 g/mol. The molecule has 2 rings (SSSR count). The van der Waals surface area contributed by atoms with Crippen molar-refractivity contribution in [2.45, 2.75) is 6.43 Å². The van der Waals surface area contributed by atoms with Crippen LogP contribution in [0, 0.1) is 0 Å². The quantitative estimate of drug-likeness (QED) is 0.942. The molecule has 1 heterocycles. The second-order valence-electron chi connectivity index (χ2n) is 3.77. The Morgan fingerprint density at radius 1 is 1.50 bits per heavy atom. The average Bonchev–Trinajstić information content (AvgIpc) is 2.77. The SMILES string of the molecule is COc1cccc(-n2nc(C(F)F)c(C(=O)O)c2Cl)c1. The number of rotatable bonds is 4. The molecule has 20 heavy (non-hydrogen) atoms. The van der Waals surface area contributed by atoms with E-state index in [2.05, 4.69) is 5.10 Å². The Hall–Kier alpha value is -2.15. The van der Waals surface area contributed by atoms with Crippen LogP contribution in [0.4, 0.5) is 8.78 Å². The summed E-state index contributed by atoms with van der Waals surface area (Å²) in [6.07, 6.45) is -3.04. The standard InChI is InChI=1S/C12H9ClF2N2O3/c1-20-7-4-2-3-6(5-7)17-10(13)8(12(18)19)9(16-17)11(14)15/h2-5,11H,1H3,(H,18,19). The molecule has 0 saturated heterocycles. The molecule has 0 amide bonds. The molecule has 106 valence electrons. The average molecular weight is 303 g/mol. The maximum Gasteiger partial charge on any atom is 0.341 e. The third-order valence-corrected chi connectivity index (χ3v) is 2.92. The lowest BCUT2D eigenvalue weighted by atomic mass is 10.2. The number of nitrogens with zero attached hydrogens (tertiary/aromatic N) is 2. The van der Waals surface area contributed by atoms with Crippen LogP contribution in [0.5, 0.6) is 5.75 Å². The van der Waals surface area contributed by atoms with Gasteiger partial charge in [-0.2, -0.15) is 5.10 Å². The van der Waals surface area contributed by atoms with E-state index in [1.165, 1.54) is 13.2 Å². The first-order chi connectivity index (χ1) is 9.45. The second kappa shape index (κ2) is 5.46. The number of carbonyl (C=O) groups is 1. The highest BCUT2D eigenvalue weighted by Gasteiger charge is 2.28. The van der Waals surface area contributed by atoms with Crippen molar-refractivity contribution in [3.63, 3.8) is 0 Å². The van der Waals surface area contributed by atoms with Crippen LogP contribution in [0.1, 0.15) is 22.5 Å². The van der Waals surface area contributed by atoms with E-state index in [0.29, 0.717) is 11.4 Å². The summed E-state index contributed by atoms with van der Waals surface area (Å²) in [5.41, 5.74) is -1.25. The fourth-order valence-electron chi connectivity index (χ4n) is 1.68. The number of benzene rings is 1. The molecule has 0 spiro atoms. The maximum absolute atomic E-state index is 12.8. The molecule has 0 bridgehead atoms. The molecule has 0 radical (unpaired) electrons. The molecule has 0 unspecified atom stereocenters. The summed E-state index contributed by atoms with van der Waals surface area (Å²) < 4.78 is 31.6. The van der Waals surface area contributed by atoms with Crippen molar-refractivity contribution in [3.05, 3.63) is 40.7 Å². The Kier molecular flexibility index (Phi) is 3.89. The zero-order valence-corrected chi connectivity index (χ0v) is 10.9. The molecule has 2 aromatic rings. The fourth-order valence-corrected chi connectivity index (χ4v) is 1.99. The molecule has 0 aliphatic carbocycles. The molecule has 0 saturated carbocycles. The van der Waals surface area contributed by atoms with E-state index in [9.17, 15) is 13.6 Å². The van der Waals surface area contributed by atoms with Gasteiger partial charge in [-0.15, -0.1) is 0 Å². The number of aromatic carboxylic acids is 1. The zero-order chi connectivity index (χ0) is 14.9. The number of halogens is 3. The molecule has 0 aliphatic rings. The predicted octanol–water partition coefficient (Wildman–Crippen LogP) is 3.17. The second-order valence-corrected chi connectivity index (χ2v) is 4.13. The lowest BCUT2D eigenvalue weighted by Gasteiger charge is -2.05. The lowest BCUT2D eigenvalue weighted by molar-refractivity contribution is 0.0684. The molecule has 0 atom stereocenters. The summed E-state index contributed by atoms with van der Waals surface area (Å²) in [5.74, 6) is -1.09. The highest BCUT2D eigenvalue weighted by atomic mass is 35.5. The molecule has 0 fully saturated rings. The minimum atomic E-state index is -3.04. The van der Waals surface area contributed by atoms with Crippen LogP contribution in [0.3, 0.4) is 0 Å². The molecule has 0 aliphatic heterocycles. The third-order valence-electron chi connectivity index (χ3n) is 2.57. The van der Waals surface area contributed by atoms with Crippen molar-refractivity contribution >= 4 is 17.6 Å². The van der Waals surface area contributed by atoms with Crippen molar-refractivity contribution < 1.29 is 23.4 Å². The van der Waals surface area contributed by atoms with E-state index in [4.69, 9.17) is 21.4 Å². The molecular weight excluding hydrogens is 294 g/mol. The van der Waals surface area contributed by atoms with Crippen molar-refractivity contribution in [1.82, 2.24) is 9.78 Å². The molecule has 1 aromatic heterocycles. The van der Waals surface area contributed by atoms with Gasteiger partial charge >= 0.3 is 5.97 Å². The van der Waals surface area contributed by atoms with Gasteiger partial charge in [-0.1, -0.05) is 17.7 Å². The van der Waals surface area contributed by atoms with Gasteiger partial charge in [0.2, 0.25) is 0 Å². The Balaban J connectivity index is 2.63. The molecule has 1 N–H and O–H groups in total. The number of aromatic nitrogens is 2. The van der Waals surface area contributed by atoms with Crippen LogP contribution >= 0.6 is 11.6 Å². The summed E-state index contributed by atoms with van der Waals surface area (Å²) in [4.78, 5) is 11.0. The van der Waals surface area contributed by atoms with Crippen molar-refractivity contribution in [2.75, 3.05) is 7.11 Å². The van der Waals surface area contributed by atoms with Gasteiger partial charge in [0.25, 0.3) is 6.43 Å². The van der Waals surface area contributed by atoms with Gasteiger partial charge in [-0.3, -0.25) is 0 Å². The van der Waals surface area contributed by atoms with E-state index in [1.807, 2.05) is 0 Å². The number of carboxylic acids is 1. The van der Waals surface area contributed by atoms with E-state index in [-0.39, 0.29) is 5.15 Å². The number of carboxylic acid groups (broad SMARTS) is 1.